The Kier molecular flexibility index (Phi) is 6.12. The summed E-state index contributed by atoms with van der Waals surface area (Å²) in [6.07, 6.45) is 0. The quantitative estimate of drug-likeness (QED) is 0.289. The Bertz CT molecular complexity index is 1280. The third kappa shape index (κ3) is 4.64. The number of hydrogen-bond donors (Lipinski definition) is 3. The van der Waals surface area contributed by atoms with Crippen LogP contribution in [0.15, 0.2) is 66.7 Å². The molecule has 0 unspecified atom stereocenters. The lowest BCUT2D eigenvalue weighted by molar-refractivity contribution is 0.454. The third-order valence-electron chi connectivity index (χ3n) is 5.84. The van der Waals surface area contributed by atoms with E-state index in [0.29, 0.717) is 11.5 Å². The van der Waals surface area contributed by atoms with Gasteiger partial charge >= 0.3 is 0 Å². The average Bonchev–Trinajstić information content (AvgIpc) is 2.75. The Hall–Kier alpha value is -4.12. The van der Waals surface area contributed by atoms with E-state index in [4.69, 9.17) is 4.74 Å². The molecule has 0 spiro atoms. The van der Waals surface area contributed by atoms with Crippen molar-refractivity contribution >= 4 is 17.1 Å². The minimum Gasteiger partial charge on any atom is -0.508 e. The molecule has 5 heteroatoms. The van der Waals surface area contributed by atoms with Crippen LogP contribution in [0, 0.1) is 34.6 Å². The second-order valence-corrected chi connectivity index (χ2v) is 8.79. The maximum absolute atomic E-state index is 10.5. The van der Waals surface area contributed by atoms with Crippen molar-refractivity contribution in [2.45, 2.75) is 34.6 Å². The minimum atomic E-state index is 0.155. The summed E-state index contributed by atoms with van der Waals surface area (Å²) >= 11 is 0. The van der Waals surface area contributed by atoms with E-state index in [-0.39, 0.29) is 17.2 Å². The fraction of sp³-hybridized carbons (Fsp3) is 0.172. The number of anilines is 3. The van der Waals surface area contributed by atoms with Crippen LogP contribution < -0.4 is 9.64 Å². The molecule has 4 aromatic rings. The molecule has 0 aromatic heterocycles. The van der Waals surface area contributed by atoms with Gasteiger partial charge in [0.25, 0.3) is 0 Å². The van der Waals surface area contributed by atoms with E-state index in [2.05, 4.69) is 0 Å². The number of phenols is 3. The van der Waals surface area contributed by atoms with Gasteiger partial charge in [-0.3, -0.25) is 0 Å². The highest BCUT2D eigenvalue weighted by atomic mass is 16.5. The van der Waals surface area contributed by atoms with E-state index in [0.717, 1.165) is 44.9 Å². The van der Waals surface area contributed by atoms with Crippen molar-refractivity contribution in [1.82, 2.24) is 0 Å². The SMILES string of the molecule is Cc1cc(O)cc(Oc2ccc(N(c3cc(C)cc(O)c3C)c3cc(C)cc(O)c3C)cc2)c1. The number of hydrogen-bond acceptors (Lipinski definition) is 5. The van der Waals surface area contributed by atoms with Crippen molar-refractivity contribution in [2.24, 2.45) is 0 Å². The van der Waals surface area contributed by atoms with Crippen molar-refractivity contribution in [3.05, 3.63) is 94.5 Å². The van der Waals surface area contributed by atoms with Crippen LogP contribution in [0.2, 0.25) is 0 Å². The summed E-state index contributed by atoms with van der Waals surface area (Å²) in [7, 11) is 0. The molecule has 4 rings (SSSR count). The molecule has 4 aromatic carbocycles. The monoisotopic (exact) mass is 455 g/mol. The van der Waals surface area contributed by atoms with Crippen molar-refractivity contribution < 1.29 is 20.1 Å². The molecule has 174 valence electrons. The van der Waals surface area contributed by atoms with Crippen molar-refractivity contribution in [3.63, 3.8) is 0 Å². The minimum absolute atomic E-state index is 0.155. The van der Waals surface area contributed by atoms with Crippen LogP contribution >= 0.6 is 0 Å². The number of phenolic OH excluding ortho intramolecular Hbond substituents is 3. The van der Waals surface area contributed by atoms with Crippen LogP contribution in [-0.4, -0.2) is 15.3 Å². The fourth-order valence-electron chi connectivity index (χ4n) is 4.10. The highest BCUT2D eigenvalue weighted by Gasteiger charge is 2.20. The van der Waals surface area contributed by atoms with Gasteiger partial charge in [0, 0.05) is 22.9 Å². The van der Waals surface area contributed by atoms with Crippen molar-refractivity contribution in [1.29, 1.82) is 0 Å². The number of benzene rings is 4. The first-order valence-electron chi connectivity index (χ1n) is 11.1. The number of aromatic hydroxyl groups is 3. The first-order chi connectivity index (χ1) is 16.1. The average molecular weight is 456 g/mol. The lowest BCUT2D eigenvalue weighted by Gasteiger charge is -2.30. The molecular weight excluding hydrogens is 426 g/mol. The van der Waals surface area contributed by atoms with Crippen molar-refractivity contribution in [3.8, 4) is 28.7 Å². The Balaban J connectivity index is 1.82. The van der Waals surface area contributed by atoms with Crippen LogP contribution in [0.1, 0.15) is 27.8 Å². The topological polar surface area (TPSA) is 73.2 Å². The summed E-state index contributed by atoms with van der Waals surface area (Å²) < 4.78 is 5.95. The molecule has 0 fully saturated rings. The van der Waals surface area contributed by atoms with Crippen LogP contribution in [0.3, 0.4) is 0 Å². The van der Waals surface area contributed by atoms with E-state index >= 15 is 0 Å². The first kappa shape index (κ1) is 23.1. The molecule has 0 amide bonds. The molecule has 34 heavy (non-hydrogen) atoms. The van der Waals surface area contributed by atoms with Gasteiger partial charge in [0.2, 0.25) is 0 Å². The van der Waals surface area contributed by atoms with Crippen molar-refractivity contribution in [2.75, 3.05) is 4.90 Å². The van der Waals surface area contributed by atoms with Gasteiger partial charge in [0.1, 0.15) is 28.7 Å². The van der Waals surface area contributed by atoms with Gasteiger partial charge in [-0.25, -0.2) is 0 Å². The molecule has 0 saturated carbocycles. The summed E-state index contributed by atoms with van der Waals surface area (Å²) in [6, 6.07) is 20.2. The predicted octanol–water partition coefficient (Wildman–Crippen LogP) is 7.61. The molecule has 0 bridgehead atoms. The second kappa shape index (κ2) is 9.02. The summed E-state index contributed by atoms with van der Waals surface area (Å²) in [4.78, 5) is 2.03. The summed E-state index contributed by atoms with van der Waals surface area (Å²) in [5, 5.41) is 30.9. The Morgan fingerprint density at radius 3 is 1.56 bits per heavy atom. The number of rotatable bonds is 5. The molecule has 0 aliphatic heterocycles. The molecule has 0 atom stereocenters. The smallest absolute Gasteiger partial charge is 0.131 e. The van der Waals surface area contributed by atoms with E-state index < -0.39 is 0 Å². The van der Waals surface area contributed by atoms with Crippen LogP contribution in [-0.2, 0) is 0 Å². The zero-order valence-corrected chi connectivity index (χ0v) is 20.0. The van der Waals surface area contributed by atoms with Gasteiger partial charge in [-0.1, -0.05) is 0 Å². The summed E-state index contributed by atoms with van der Waals surface area (Å²) in [5.41, 5.74) is 6.73. The maximum atomic E-state index is 10.5. The van der Waals surface area contributed by atoms with Crippen LogP contribution in [0.5, 0.6) is 28.7 Å². The van der Waals surface area contributed by atoms with Gasteiger partial charge in [0.15, 0.2) is 0 Å². The van der Waals surface area contributed by atoms with E-state index in [1.165, 1.54) is 0 Å². The van der Waals surface area contributed by atoms with E-state index in [1.54, 1.807) is 24.3 Å². The first-order valence-corrected chi connectivity index (χ1v) is 11.1. The third-order valence-corrected chi connectivity index (χ3v) is 5.84. The van der Waals surface area contributed by atoms with Gasteiger partial charge in [0.05, 0.1) is 11.4 Å². The zero-order valence-electron chi connectivity index (χ0n) is 20.0. The van der Waals surface area contributed by atoms with Gasteiger partial charge < -0.3 is 25.0 Å². The molecule has 0 aliphatic rings. The van der Waals surface area contributed by atoms with Crippen LogP contribution in [0.4, 0.5) is 17.1 Å². The fourth-order valence-corrected chi connectivity index (χ4v) is 4.10. The van der Waals surface area contributed by atoms with E-state index in [9.17, 15) is 15.3 Å². The molecule has 0 aliphatic carbocycles. The lowest BCUT2D eigenvalue weighted by Crippen LogP contribution is -2.13. The Morgan fingerprint density at radius 2 is 1.06 bits per heavy atom. The normalized spacial score (nSPS) is 10.9. The maximum Gasteiger partial charge on any atom is 0.131 e. The number of aryl methyl sites for hydroxylation is 3. The Morgan fingerprint density at radius 1 is 0.559 bits per heavy atom. The summed E-state index contributed by atoms with van der Waals surface area (Å²) in [5.74, 6) is 1.77. The molecule has 5 nitrogen and oxygen atoms in total. The van der Waals surface area contributed by atoms with Crippen LogP contribution in [0.25, 0.3) is 0 Å². The molecule has 0 saturated heterocycles. The van der Waals surface area contributed by atoms with Gasteiger partial charge in [-0.05, 0) is 112 Å². The lowest BCUT2D eigenvalue weighted by atomic mass is 10.0. The molecule has 0 radical (unpaired) electrons. The second-order valence-electron chi connectivity index (χ2n) is 8.79. The highest BCUT2D eigenvalue weighted by Crippen LogP contribution is 2.43. The molecular formula is C29H29NO4. The zero-order chi connectivity index (χ0) is 24.6. The van der Waals surface area contributed by atoms with Gasteiger partial charge in [-0.2, -0.15) is 0 Å². The predicted molar refractivity (Wildman–Crippen MR) is 136 cm³/mol. The molecule has 0 heterocycles. The number of nitrogens with zero attached hydrogens (tertiary/aromatic N) is 1. The highest BCUT2D eigenvalue weighted by molar-refractivity contribution is 5.83. The standard InChI is InChI=1S/C29H29NO4/c1-17-10-23(31)16-25(11-17)34-24-8-6-22(7-9-24)30(26-12-18(2)14-28(32)20(26)4)27-13-19(3)15-29(33)21(27)5/h6-16,31-33H,1-5H3. The van der Waals surface area contributed by atoms with E-state index in [1.807, 2.05) is 82.0 Å². The largest absolute Gasteiger partial charge is 0.508 e. The number of ether oxygens (including phenoxy) is 1. The van der Waals surface area contributed by atoms with Gasteiger partial charge in [-0.15, -0.1) is 0 Å². The molecule has 3 N–H and O–H groups in total. The Labute approximate surface area is 200 Å². The summed E-state index contributed by atoms with van der Waals surface area (Å²) in [6.45, 7) is 9.53.